The maximum atomic E-state index is 11.9. The minimum absolute atomic E-state index is 0.240. The highest BCUT2D eigenvalue weighted by molar-refractivity contribution is 5.92. The SMILES string of the molecule is Cc1cnoc1C(=O)NCc1cccc(C#CCN)c1. The molecule has 0 radical (unpaired) electrons. The Bertz CT molecular complexity index is 665. The van der Waals surface area contributed by atoms with Crippen LogP contribution in [0.3, 0.4) is 0 Å². The van der Waals surface area contributed by atoms with Crippen molar-refractivity contribution in [3.05, 3.63) is 52.9 Å². The van der Waals surface area contributed by atoms with Crippen molar-refractivity contribution in [1.29, 1.82) is 0 Å². The van der Waals surface area contributed by atoms with Crippen molar-refractivity contribution < 1.29 is 9.32 Å². The van der Waals surface area contributed by atoms with Gasteiger partial charge < -0.3 is 15.6 Å². The summed E-state index contributed by atoms with van der Waals surface area (Å²) in [4.78, 5) is 11.9. The first-order chi connectivity index (χ1) is 9.70. The van der Waals surface area contributed by atoms with Gasteiger partial charge in [-0.15, -0.1) is 0 Å². The number of aryl methyl sites for hydroxylation is 1. The number of rotatable bonds is 3. The first-order valence-corrected chi connectivity index (χ1v) is 6.18. The molecule has 20 heavy (non-hydrogen) atoms. The monoisotopic (exact) mass is 269 g/mol. The lowest BCUT2D eigenvalue weighted by Crippen LogP contribution is -2.23. The van der Waals surface area contributed by atoms with Crippen LogP contribution in [0.2, 0.25) is 0 Å². The number of nitrogens with zero attached hydrogens (tertiary/aromatic N) is 1. The van der Waals surface area contributed by atoms with E-state index in [0.717, 1.165) is 11.1 Å². The van der Waals surface area contributed by atoms with Gasteiger partial charge in [0.15, 0.2) is 0 Å². The van der Waals surface area contributed by atoms with Crippen molar-refractivity contribution in [3.63, 3.8) is 0 Å². The molecular formula is C15H15N3O2. The Kier molecular flexibility index (Phi) is 4.53. The molecule has 1 aromatic carbocycles. The molecule has 0 spiro atoms. The number of carbonyl (C=O) groups excluding carboxylic acids is 1. The summed E-state index contributed by atoms with van der Waals surface area (Å²) in [5.74, 6) is 5.71. The van der Waals surface area contributed by atoms with Crippen LogP contribution in [0.15, 0.2) is 35.0 Å². The van der Waals surface area contributed by atoms with Crippen molar-refractivity contribution in [3.8, 4) is 11.8 Å². The molecule has 0 saturated heterocycles. The molecule has 0 aliphatic heterocycles. The molecule has 1 heterocycles. The average molecular weight is 269 g/mol. The highest BCUT2D eigenvalue weighted by Gasteiger charge is 2.13. The zero-order valence-corrected chi connectivity index (χ0v) is 11.1. The standard InChI is InChI=1S/C15H15N3O2/c1-11-9-18-20-14(11)15(19)17-10-13-5-2-4-12(8-13)6-3-7-16/h2,4-5,8-9H,7,10,16H2,1H3,(H,17,19). The topological polar surface area (TPSA) is 81.2 Å². The predicted octanol–water partition coefficient (Wildman–Crippen LogP) is 1.22. The number of carbonyl (C=O) groups is 1. The first kappa shape index (κ1) is 13.8. The first-order valence-electron chi connectivity index (χ1n) is 6.18. The van der Waals surface area contributed by atoms with Gasteiger partial charge in [0.1, 0.15) is 0 Å². The van der Waals surface area contributed by atoms with Crippen LogP contribution >= 0.6 is 0 Å². The van der Waals surface area contributed by atoms with Gasteiger partial charge in [-0.3, -0.25) is 4.79 Å². The molecule has 5 heteroatoms. The molecular weight excluding hydrogens is 254 g/mol. The normalized spacial score (nSPS) is 9.70. The Hall–Kier alpha value is -2.58. The van der Waals surface area contributed by atoms with Crippen LogP contribution in [0, 0.1) is 18.8 Å². The third kappa shape index (κ3) is 3.46. The lowest BCUT2D eigenvalue weighted by Gasteiger charge is -2.04. The van der Waals surface area contributed by atoms with Crippen molar-refractivity contribution in [1.82, 2.24) is 10.5 Å². The van der Waals surface area contributed by atoms with Crippen molar-refractivity contribution >= 4 is 5.91 Å². The maximum absolute atomic E-state index is 11.9. The second-order valence-electron chi connectivity index (χ2n) is 4.23. The van der Waals surface area contributed by atoms with Crippen LogP contribution in [-0.2, 0) is 6.54 Å². The lowest BCUT2D eigenvalue weighted by atomic mass is 10.1. The van der Waals surface area contributed by atoms with Gasteiger partial charge in [0.25, 0.3) is 5.91 Å². The number of amides is 1. The summed E-state index contributed by atoms with van der Waals surface area (Å²) >= 11 is 0. The molecule has 2 aromatic rings. The van der Waals surface area contributed by atoms with E-state index in [9.17, 15) is 4.79 Å². The summed E-state index contributed by atoms with van der Waals surface area (Å²) in [6.45, 7) is 2.50. The number of benzene rings is 1. The molecule has 102 valence electrons. The third-order valence-electron chi connectivity index (χ3n) is 2.67. The van der Waals surface area contributed by atoms with Crippen LogP contribution in [0.4, 0.5) is 0 Å². The van der Waals surface area contributed by atoms with E-state index < -0.39 is 0 Å². The van der Waals surface area contributed by atoms with Crippen LogP contribution in [0.5, 0.6) is 0 Å². The van der Waals surface area contributed by atoms with Gasteiger partial charge in [0.05, 0.1) is 12.7 Å². The molecule has 0 atom stereocenters. The number of hydrogen-bond donors (Lipinski definition) is 2. The van der Waals surface area contributed by atoms with E-state index in [4.69, 9.17) is 10.3 Å². The minimum Gasteiger partial charge on any atom is -0.351 e. The van der Waals surface area contributed by atoms with Crippen LogP contribution in [-0.4, -0.2) is 17.6 Å². The molecule has 0 aliphatic rings. The Morgan fingerprint density at radius 2 is 2.35 bits per heavy atom. The largest absolute Gasteiger partial charge is 0.351 e. The van der Waals surface area contributed by atoms with E-state index in [1.54, 1.807) is 6.92 Å². The molecule has 0 unspecified atom stereocenters. The number of nitrogens with two attached hydrogens (primary N) is 1. The number of nitrogens with one attached hydrogen (secondary N) is 1. The molecule has 0 aliphatic carbocycles. The Labute approximate surface area is 117 Å². The van der Waals surface area contributed by atoms with Gasteiger partial charge in [0.2, 0.25) is 5.76 Å². The Balaban J connectivity index is 2.01. The molecule has 1 amide bonds. The highest BCUT2D eigenvalue weighted by atomic mass is 16.5. The summed E-state index contributed by atoms with van der Waals surface area (Å²) < 4.78 is 4.89. The second-order valence-corrected chi connectivity index (χ2v) is 4.23. The van der Waals surface area contributed by atoms with Gasteiger partial charge in [-0.05, 0) is 24.6 Å². The van der Waals surface area contributed by atoms with E-state index in [2.05, 4.69) is 22.3 Å². The predicted molar refractivity (Wildman–Crippen MR) is 74.8 cm³/mol. The fraction of sp³-hybridized carbons (Fsp3) is 0.200. The maximum Gasteiger partial charge on any atom is 0.290 e. The fourth-order valence-corrected chi connectivity index (χ4v) is 1.68. The zero-order chi connectivity index (χ0) is 14.4. The lowest BCUT2D eigenvalue weighted by molar-refractivity contribution is 0.0913. The van der Waals surface area contributed by atoms with Crippen molar-refractivity contribution in [2.75, 3.05) is 6.54 Å². The summed E-state index contributed by atoms with van der Waals surface area (Å²) in [5.41, 5.74) is 7.88. The number of aromatic nitrogens is 1. The highest BCUT2D eigenvalue weighted by Crippen LogP contribution is 2.07. The molecule has 5 nitrogen and oxygen atoms in total. The molecule has 2 rings (SSSR count). The van der Waals surface area contributed by atoms with Gasteiger partial charge in [-0.1, -0.05) is 29.1 Å². The van der Waals surface area contributed by atoms with E-state index in [0.29, 0.717) is 18.7 Å². The van der Waals surface area contributed by atoms with Gasteiger partial charge in [-0.25, -0.2) is 0 Å². The molecule has 0 bridgehead atoms. The molecule has 3 N–H and O–H groups in total. The van der Waals surface area contributed by atoms with Crippen LogP contribution < -0.4 is 11.1 Å². The quantitative estimate of drug-likeness (QED) is 0.821. The van der Waals surface area contributed by atoms with Gasteiger partial charge in [-0.2, -0.15) is 0 Å². The van der Waals surface area contributed by atoms with Crippen molar-refractivity contribution in [2.24, 2.45) is 5.73 Å². The summed E-state index contributed by atoms with van der Waals surface area (Å²) in [5, 5.41) is 6.36. The summed E-state index contributed by atoms with van der Waals surface area (Å²) in [6.07, 6.45) is 1.51. The van der Waals surface area contributed by atoms with Crippen LogP contribution in [0.1, 0.15) is 27.2 Å². The second kappa shape index (κ2) is 6.55. The summed E-state index contributed by atoms with van der Waals surface area (Å²) in [7, 11) is 0. The minimum atomic E-state index is -0.279. The van der Waals surface area contributed by atoms with E-state index in [1.807, 2.05) is 24.3 Å². The molecule has 0 saturated carbocycles. The molecule has 0 fully saturated rings. The molecule has 1 aromatic heterocycles. The Morgan fingerprint density at radius 1 is 1.50 bits per heavy atom. The van der Waals surface area contributed by atoms with E-state index in [1.165, 1.54) is 6.20 Å². The van der Waals surface area contributed by atoms with E-state index >= 15 is 0 Å². The fourth-order valence-electron chi connectivity index (χ4n) is 1.68. The van der Waals surface area contributed by atoms with E-state index in [-0.39, 0.29) is 11.7 Å². The van der Waals surface area contributed by atoms with Gasteiger partial charge in [0, 0.05) is 17.7 Å². The zero-order valence-electron chi connectivity index (χ0n) is 11.1. The third-order valence-corrected chi connectivity index (χ3v) is 2.67. The van der Waals surface area contributed by atoms with Crippen LogP contribution in [0.25, 0.3) is 0 Å². The van der Waals surface area contributed by atoms with Gasteiger partial charge >= 0.3 is 0 Å². The van der Waals surface area contributed by atoms with Crippen molar-refractivity contribution in [2.45, 2.75) is 13.5 Å². The number of hydrogen-bond acceptors (Lipinski definition) is 4. The summed E-state index contributed by atoms with van der Waals surface area (Å²) in [6, 6.07) is 7.62. The smallest absolute Gasteiger partial charge is 0.290 e. The average Bonchev–Trinajstić information content (AvgIpc) is 2.89. The Morgan fingerprint density at radius 3 is 3.05 bits per heavy atom.